The second-order valence-corrected chi connectivity index (χ2v) is 7.61. The summed E-state index contributed by atoms with van der Waals surface area (Å²) >= 11 is 8.40. The fourth-order valence-electron chi connectivity index (χ4n) is 1.78. The molecule has 1 amide bonds. The van der Waals surface area contributed by atoms with E-state index in [-0.39, 0.29) is 5.91 Å². The summed E-state index contributed by atoms with van der Waals surface area (Å²) in [6.07, 6.45) is 0. The van der Waals surface area contributed by atoms with Gasteiger partial charge in [-0.2, -0.15) is 0 Å². The Morgan fingerprint density at radius 1 is 1.05 bits per heavy atom. The molecule has 2 aromatic rings. The molecule has 0 aliphatic heterocycles. The largest absolute Gasteiger partial charge is 0.321 e. The summed E-state index contributed by atoms with van der Waals surface area (Å²) in [6, 6.07) is 5.82. The molecule has 19 heavy (non-hydrogen) atoms. The van der Waals surface area contributed by atoms with Crippen molar-refractivity contribution in [2.45, 2.75) is 20.8 Å². The van der Waals surface area contributed by atoms with Crippen molar-refractivity contribution in [3.8, 4) is 0 Å². The molecule has 5 heteroatoms. The normalized spacial score (nSPS) is 10.6. The van der Waals surface area contributed by atoms with E-state index in [0.717, 1.165) is 30.6 Å². The third-order valence-electron chi connectivity index (χ3n) is 2.78. The summed E-state index contributed by atoms with van der Waals surface area (Å²) in [4.78, 5) is 12.9. The molecule has 2 nitrogen and oxygen atoms in total. The molecule has 0 radical (unpaired) electrons. The Morgan fingerprint density at radius 2 is 1.63 bits per heavy atom. The lowest BCUT2D eigenvalue weighted by molar-refractivity contribution is 0.103. The minimum absolute atomic E-state index is 0.0695. The van der Waals surface area contributed by atoms with Gasteiger partial charge in [0.2, 0.25) is 0 Å². The van der Waals surface area contributed by atoms with E-state index in [9.17, 15) is 4.79 Å². The van der Waals surface area contributed by atoms with Gasteiger partial charge in [-0.05, 0) is 71.6 Å². The molecule has 1 aromatic carbocycles. The maximum absolute atomic E-state index is 12.2. The Labute approximate surface area is 133 Å². The molecule has 1 heterocycles. The van der Waals surface area contributed by atoms with Gasteiger partial charge in [0, 0.05) is 10.2 Å². The minimum atomic E-state index is -0.0695. The molecule has 2 rings (SSSR count). The first-order valence-corrected chi connectivity index (χ1v) is 8.12. The van der Waals surface area contributed by atoms with Gasteiger partial charge in [0.1, 0.15) is 0 Å². The first-order chi connectivity index (χ1) is 8.88. The minimum Gasteiger partial charge on any atom is -0.321 e. The predicted octanol–water partition coefficient (Wildman–Crippen LogP) is 5.45. The highest BCUT2D eigenvalue weighted by atomic mass is 79.9. The standard InChI is InChI=1S/C14H13Br2NOS/c1-7-4-10(5-8(2)12(7)15)17-14(18)11-6-9(3)13(16)19-11/h4-6H,1-3H3,(H,17,18). The molecule has 0 fully saturated rings. The summed E-state index contributed by atoms with van der Waals surface area (Å²) in [6.45, 7) is 6.00. The highest BCUT2D eigenvalue weighted by Gasteiger charge is 2.12. The van der Waals surface area contributed by atoms with Gasteiger partial charge >= 0.3 is 0 Å². The number of thiophene rings is 1. The van der Waals surface area contributed by atoms with Crippen molar-refractivity contribution in [1.29, 1.82) is 0 Å². The zero-order chi connectivity index (χ0) is 14.2. The molecule has 0 atom stereocenters. The van der Waals surface area contributed by atoms with Gasteiger partial charge < -0.3 is 5.32 Å². The zero-order valence-electron chi connectivity index (χ0n) is 10.8. The van der Waals surface area contributed by atoms with E-state index >= 15 is 0 Å². The number of hydrogen-bond donors (Lipinski definition) is 1. The Bertz CT molecular complexity index is 606. The Hall–Kier alpha value is -0.650. The molecule has 0 bridgehead atoms. The summed E-state index contributed by atoms with van der Waals surface area (Å²) < 4.78 is 2.08. The summed E-state index contributed by atoms with van der Waals surface area (Å²) in [5, 5.41) is 2.94. The van der Waals surface area contributed by atoms with Crippen molar-refractivity contribution in [3.05, 3.63) is 48.0 Å². The molecule has 100 valence electrons. The molecule has 0 saturated heterocycles. The lowest BCUT2D eigenvalue weighted by Gasteiger charge is -2.08. The number of carbonyl (C=O) groups is 1. The SMILES string of the molecule is Cc1cc(C(=O)Nc2cc(C)c(Br)c(C)c2)sc1Br. The van der Waals surface area contributed by atoms with Crippen molar-refractivity contribution >= 4 is 54.8 Å². The van der Waals surface area contributed by atoms with Crippen molar-refractivity contribution < 1.29 is 4.79 Å². The van der Waals surface area contributed by atoms with E-state index in [1.807, 2.05) is 39.0 Å². The van der Waals surface area contributed by atoms with Gasteiger partial charge in [0.05, 0.1) is 8.66 Å². The average Bonchev–Trinajstić information content (AvgIpc) is 2.66. The van der Waals surface area contributed by atoms with Crippen LogP contribution >= 0.6 is 43.2 Å². The number of amides is 1. The van der Waals surface area contributed by atoms with Crippen LogP contribution in [0, 0.1) is 20.8 Å². The molecule has 0 unspecified atom stereocenters. The second-order valence-electron chi connectivity index (χ2n) is 4.45. The van der Waals surface area contributed by atoms with Crippen LogP contribution < -0.4 is 5.32 Å². The summed E-state index contributed by atoms with van der Waals surface area (Å²) in [5.74, 6) is -0.0695. The molecule has 0 saturated carbocycles. The third-order valence-corrected chi connectivity index (χ3v) is 6.16. The second kappa shape index (κ2) is 5.77. The molecular formula is C14H13Br2NOS. The number of halogens is 2. The first-order valence-electron chi connectivity index (χ1n) is 5.72. The fourth-order valence-corrected chi connectivity index (χ4v) is 3.44. The number of carbonyl (C=O) groups excluding carboxylic acids is 1. The van der Waals surface area contributed by atoms with Crippen molar-refractivity contribution in [1.82, 2.24) is 0 Å². The molecule has 1 N–H and O–H groups in total. The Kier molecular flexibility index (Phi) is 4.48. The predicted molar refractivity (Wildman–Crippen MR) is 88.3 cm³/mol. The molecular weight excluding hydrogens is 390 g/mol. The maximum Gasteiger partial charge on any atom is 0.265 e. The van der Waals surface area contributed by atoms with E-state index in [2.05, 4.69) is 37.2 Å². The van der Waals surface area contributed by atoms with E-state index in [1.165, 1.54) is 11.3 Å². The van der Waals surface area contributed by atoms with Gasteiger partial charge in [-0.1, -0.05) is 15.9 Å². The fraction of sp³-hybridized carbons (Fsp3) is 0.214. The summed E-state index contributed by atoms with van der Waals surface area (Å²) in [7, 11) is 0. The number of anilines is 1. The van der Waals surface area contributed by atoms with Gasteiger partial charge in [0.25, 0.3) is 5.91 Å². The Balaban J connectivity index is 2.24. The zero-order valence-corrected chi connectivity index (χ0v) is 14.8. The Morgan fingerprint density at radius 3 is 2.11 bits per heavy atom. The van der Waals surface area contributed by atoms with Gasteiger partial charge in [-0.3, -0.25) is 4.79 Å². The van der Waals surface area contributed by atoms with Crippen LogP contribution in [0.15, 0.2) is 26.5 Å². The van der Waals surface area contributed by atoms with Crippen molar-refractivity contribution in [2.75, 3.05) is 5.32 Å². The van der Waals surface area contributed by atoms with Crippen LogP contribution in [0.5, 0.6) is 0 Å². The third kappa shape index (κ3) is 3.27. The smallest absolute Gasteiger partial charge is 0.265 e. The lowest BCUT2D eigenvalue weighted by atomic mass is 10.1. The van der Waals surface area contributed by atoms with E-state index < -0.39 is 0 Å². The molecule has 0 aliphatic rings. The van der Waals surface area contributed by atoms with Crippen LogP contribution in [-0.4, -0.2) is 5.91 Å². The van der Waals surface area contributed by atoms with Gasteiger partial charge in [0.15, 0.2) is 0 Å². The highest BCUT2D eigenvalue weighted by Crippen LogP contribution is 2.29. The van der Waals surface area contributed by atoms with Crippen molar-refractivity contribution in [2.24, 2.45) is 0 Å². The number of benzene rings is 1. The van der Waals surface area contributed by atoms with Crippen LogP contribution in [0.25, 0.3) is 0 Å². The topological polar surface area (TPSA) is 29.1 Å². The molecule has 1 aromatic heterocycles. The monoisotopic (exact) mass is 401 g/mol. The van der Waals surface area contributed by atoms with Crippen LogP contribution in [0.4, 0.5) is 5.69 Å². The maximum atomic E-state index is 12.2. The van der Waals surface area contributed by atoms with Crippen LogP contribution in [0.2, 0.25) is 0 Å². The van der Waals surface area contributed by atoms with Gasteiger partial charge in [-0.15, -0.1) is 11.3 Å². The number of nitrogens with one attached hydrogen (secondary N) is 1. The lowest BCUT2D eigenvalue weighted by Crippen LogP contribution is -2.10. The average molecular weight is 403 g/mol. The first kappa shape index (κ1) is 14.8. The summed E-state index contributed by atoms with van der Waals surface area (Å²) in [5.41, 5.74) is 4.13. The van der Waals surface area contributed by atoms with Crippen LogP contribution in [-0.2, 0) is 0 Å². The van der Waals surface area contributed by atoms with Crippen LogP contribution in [0.1, 0.15) is 26.4 Å². The molecule has 0 spiro atoms. The number of rotatable bonds is 2. The number of aryl methyl sites for hydroxylation is 3. The van der Waals surface area contributed by atoms with Gasteiger partial charge in [-0.25, -0.2) is 0 Å². The van der Waals surface area contributed by atoms with E-state index in [1.54, 1.807) is 0 Å². The van der Waals surface area contributed by atoms with Crippen molar-refractivity contribution in [3.63, 3.8) is 0 Å². The highest BCUT2D eigenvalue weighted by molar-refractivity contribution is 9.11. The van der Waals surface area contributed by atoms with Crippen LogP contribution in [0.3, 0.4) is 0 Å². The quantitative estimate of drug-likeness (QED) is 0.710. The number of hydrogen-bond acceptors (Lipinski definition) is 2. The molecule has 0 aliphatic carbocycles. The van der Waals surface area contributed by atoms with E-state index in [0.29, 0.717) is 4.88 Å². The van der Waals surface area contributed by atoms with E-state index in [4.69, 9.17) is 0 Å².